The average Bonchev–Trinajstić information content (AvgIpc) is 3.53. The highest BCUT2D eigenvalue weighted by atomic mass is 16.1. The lowest BCUT2D eigenvalue weighted by Gasteiger charge is -2.17. The highest BCUT2D eigenvalue weighted by Crippen LogP contribution is 2.24. The molecule has 4 heterocycles. The number of benzene rings is 1. The van der Waals surface area contributed by atoms with E-state index in [1.54, 1.807) is 29.5 Å². The van der Waals surface area contributed by atoms with Crippen LogP contribution < -0.4 is 10.2 Å². The van der Waals surface area contributed by atoms with Gasteiger partial charge in [-0.05, 0) is 30.5 Å². The summed E-state index contributed by atoms with van der Waals surface area (Å²) in [5.41, 5.74) is 2.09. The second-order valence-corrected chi connectivity index (χ2v) is 7.10. The number of amides is 1. The lowest BCUT2D eigenvalue weighted by Crippen LogP contribution is -2.31. The van der Waals surface area contributed by atoms with Crippen molar-refractivity contribution in [2.24, 2.45) is 5.92 Å². The van der Waals surface area contributed by atoms with Gasteiger partial charge < -0.3 is 10.2 Å². The van der Waals surface area contributed by atoms with Crippen LogP contribution >= 0.6 is 0 Å². The van der Waals surface area contributed by atoms with Crippen molar-refractivity contribution in [1.82, 2.24) is 34.7 Å². The molecule has 1 atom stereocenters. The Hall–Kier alpha value is -3.75. The molecule has 1 aliphatic heterocycles. The van der Waals surface area contributed by atoms with Crippen LogP contribution in [0.4, 0.5) is 5.82 Å². The zero-order valence-corrected chi connectivity index (χ0v) is 15.7. The van der Waals surface area contributed by atoms with E-state index in [4.69, 9.17) is 0 Å². The van der Waals surface area contributed by atoms with E-state index >= 15 is 0 Å². The van der Waals surface area contributed by atoms with Crippen molar-refractivity contribution in [3.63, 3.8) is 0 Å². The first-order valence-corrected chi connectivity index (χ1v) is 9.56. The summed E-state index contributed by atoms with van der Waals surface area (Å²) in [5, 5.41) is 15.5. The van der Waals surface area contributed by atoms with Crippen LogP contribution in [0.2, 0.25) is 0 Å². The Morgan fingerprint density at radius 1 is 1.17 bits per heavy atom. The fourth-order valence-corrected chi connectivity index (χ4v) is 3.66. The number of hydrogen-bond acceptors (Lipinski definition) is 6. The van der Waals surface area contributed by atoms with Gasteiger partial charge >= 0.3 is 0 Å². The molecule has 1 fully saturated rings. The Balaban J connectivity index is 1.20. The summed E-state index contributed by atoms with van der Waals surface area (Å²) < 4.78 is 3.57. The first kappa shape index (κ1) is 17.4. The number of aromatic nitrogens is 6. The van der Waals surface area contributed by atoms with Crippen LogP contribution in [0.3, 0.4) is 0 Å². The molecule has 0 spiro atoms. The van der Waals surface area contributed by atoms with Crippen LogP contribution in [0.15, 0.2) is 61.3 Å². The maximum atomic E-state index is 12.5. The van der Waals surface area contributed by atoms with Crippen molar-refractivity contribution in [3.05, 3.63) is 67.0 Å². The number of carbonyl (C=O) groups is 1. The summed E-state index contributed by atoms with van der Waals surface area (Å²) in [6, 6.07) is 11.5. The van der Waals surface area contributed by atoms with Crippen molar-refractivity contribution in [2.75, 3.05) is 24.5 Å². The van der Waals surface area contributed by atoms with Crippen LogP contribution in [-0.2, 0) is 0 Å². The van der Waals surface area contributed by atoms with E-state index in [0.29, 0.717) is 18.2 Å². The monoisotopic (exact) mass is 388 g/mol. The molecule has 1 aliphatic rings. The lowest BCUT2D eigenvalue weighted by molar-refractivity contribution is 0.0943. The fourth-order valence-electron chi connectivity index (χ4n) is 3.66. The number of anilines is 1. The molecule has 5 rings (SSSR count). The average molecular weight is 388 g/mol. The summed E-state index contributed by atoms with van der Waals surface area (Å²) in [7, 11) is 0. The zero-order chi connectivity index (χ0) is 19.6. The summed E-state index contributed by atoms with van der Waals surface area (Å²) in [6.45, 7) is 2.30. The van der Waals surface area contributed by atoms with Gasteiger partial charge in [0, 0.05) is 38.2 Å². The van der Waals surface area contributed by atoms with E-state index in [9.17, 15) is 4.79 Å². The third-order valence-corrected chi connectivity index (χ3v) is 5.18. The predicted octanol–water partition coefficient (Wildman–Crippen LogP) is 1.57. The van der Waals surface area contributed by atoms with Crippen molar-refractivity contribution in [2.45, 2.75) is 6.42 Å². The van der Waals surface area contributed by atoms with Gasteiger partial charge in [0.25, 0.3) is 5.91 Å². The van der Waals surface area contributed by atoms with Crippen molar-refractivity contribution >= 4 is 17.4 Å². The molecule has 4 aromatic rings. The van der Waals surface area contributed by atoms with Gasteiger partial charge in [0.1, 0.15) is 6.33 Å². The topological polar surface area (TPSA) is 93.2 Å². The second kappa shape index (κ2) is 7.34. The summed E-state index contributed by atoms with van der Waals surface area (Å²) in [4.78, 5) is 19.2. The molecule has 9 nitrogen and oxygen atoms in total. The van der Waals surface area contributed by atoms with Gasteiger partial charge in [-0.3, -0.25) is 9.20 Å². The normalized spacial score (nSPS) is 16.4. The van der Waals surface area contributed by atoms with Crippen LogP contribution in [0.5, 0.6) is 0 Å². The van der Waals surface area contributed by atoms with Gasteiger partial charge in [-0.15, -0.1) is 10.2 Å². The third-order valence-electron chi connectivity index (χ3n) is 5.18. The van der Waals surface area contributed by atoms with Crippen LogP contribution in [-0.4, -0.2) is 54.9 Å². The second-order valence-electron chi connectivity index (χ2n) is 7.10. The molecule has 29 heavy (non-hydrogen) atoms. The molecule has 0 saturated carbocycles. The number of rotatable bonds is 5. The molecule has 0 radical (unpaired) electrons. The van der Waals surface area contributed by atoms with E-state index in [1.807, 2.05) is 40.9 Å². The van der Waals surface area contributed by atoms with Gasteiger partial charge in [0.2, 0.25) is 5.65 Å². The van der Waals surface area contributed by atoms with Gasteiger partial charge in [-0.1, -0.05) is 18.2 Å². The maximum Gasteiger partial charge on any atom is 0.271 e. The highest BCUT2D eigenvalue weighted by Gasteiger charge is 2.26. The Morgan fingerprint density at radius 2 is 2.07 bits per heavy atom. The molecular formula is C20H20N8O. The fraction of sp³-hybridized carbons (Fsp3) is 0.250. The van der Waals surface area contributed by atoms with Crippen molar-refractivity contribution in [1.29, 1.82) is 0 Å². The molecule has 3 aromatic heterocycles. The van der Waals surface area contributed by atoms with Crippen LogP contribution in [0, 0.1) is 5.92 Å². The SMILES string of the molecule is O=C(NC[C@H]1CCN(c2nccn3cnnc23)C1)c1ccn(-c2ccccc2)n1. The summed E-state index contributed by atoms with van der Waals surface area (Å²) in [5.74, 6) is 1.02. The first-order chi connectivity index (χ1) is 14.3. The molecule has 146 valence electrons. The minimum absolute atomic E-state index is 0.157. The molecule has 0 aliphatic carbocycles. The van der Waals surface area contributed by atoms with Crippen molar-refractivity contribution < 1.29 is 4.79 Å². The third kappa shape index (κ3) is 3.42. The summed E-state index contributed by atoms with van der Waals surface area (Å²) in [6.07, 6.45) is 8.04. The van der Waals surface area contributed by atoms with E-state index in [2.05, 4.69) is 30.5 Å². The number of carbonyl (C=O) groups excluding carboxylic acids is 1. The first-order valence-electron chi connectivity index (χ1n) is 9.56. The Labute approximate surface area is 167 Å². The number of para-hydroxylation sites is 1. The molecule has 1 saturated heterocycles. The Morgan fingerprint density at radius 3 is 2.97 bits per heavy atom. The van der Waals surface area contributed by atoms with Crippen molar-refractivity contribution in [3.8, 4) is 5.69 Å². The minimum atomic E-state index is -0.157. The minimum Gasteiger partial charge on any atom is -0.353 e. The quantitative estimate of drug-likeness (QED) is 0.558. The molecule has 1 amide bonds. The highest BCUT2D eigenvalue weighted by molar-refractivity contribution is 5.92. The standard InChI is InChI=1S/C20H20N8O/c29-20(17-7-10-28(25-17)16-4-2-1-3-5-16)22-12-15-6-9-26(13-15)18-19-24-23-14-27(19)11-8-21-18/h1-5,7-8,10-11,14-15H,6,9,12-13H2,(H,22,29)/t15-/m1/s1. The molecule has 1 N–H and O–H groups in total. The van der Waals surface area contributed by atoms with E-state index < -0.39 is 0 Å². The summed E-state index contributed by atoms with van der Waals surface area (Å²) >= 11 is 0. The largest absolute Gasteiger partial charge is 0.353 e. The zero-order valence-electron chi connectivity index (χ0n) is 15.7. The molecule has 0 unspecified atom stereocenters. The molecule has 1 aromatic carbocycles. The number of nitrogens with zero attached hydrogens (tertiary/aromatic N) is 7. The number of fused-ring (bicyclic) bond motifs is 1. The van der Waals surface area contributed by atoms with E-state index in [-0.39, 0.29) is 5.91 Å². The number of hydrogen-bond donors (Lipinski definition) is 1. The van der Waals surface area contributed by atoms with E-state index in [1.165, 1.54) is 0 Å². The molecule has 0 bridgehead atoms. The number of nitrogens with one attached hydrogen (secondary N) is 1. The van der Waals surface area contributed by atoms with Gasteiger partial charge in [0.15, 0.2) is 11.5 Å². The predicted molar refractivity (Wildman–Crippen MR) is 107 cm³/mol. The Bertz CT molecular complexity index is 1140. The van der Waals surface area contributed by atoms with Gasteiger partial charge in [-0.25, -0.2) is 9.67 Å². The van der Waals surface area contributed by atoms with Crippen LogP contribution in [0.25, 0.3) is 11.3 Å². The maximum absolute atomic E-state index is 12.5. The Kier molecular flexibility index (Phi) is 4.39. The smallest absolute Gasteiger partial charge is 0.271 e. The van der Waals surface area contributed by atoms with E-state index in [0.717, 1.165) is 36.7 Å². The molecular weight excluding hydrogens is 368 g/mol. The van der Waals surface area contributed by atoms with Crippen LogP contribution in [0.1, 0.15) is 16.9 Å². The van der Waals surface area contributed by atoms with Gasteiger partial charge in [-0.2, -0.15) is 5.10 Å². The van der Waals surface area contributed by atoms with Gasteiger partial charge in [0.05, 0.1) is 5.69 Å². The lowest BCUT2D eigenvalue weighted by atomic mass is 10.1. The molecule has 9 heteroatoms.